The Kier molecular flexibility index (Phi) is 5.63. The summed E-state index contributed by atoms with van der Waals surface area (Å²) < 4.78 is 27.6. The van der Waals surface area contributed by atoms with Crippen LogP contribution in [0.1, 0.15) is 28.8 Å². The van der Waals surface area contributed by atoms with Crippen molar-refractivity contribution in [3.63, 3.8) is 0 Å². The maximum atomic E-state index is 12.7. The molecule has 9 heteroatoms. The van der Waals surface area contributed by atoms with Gasteiger partial charge in [-0.2, -0.15) is 10.2 Å². The van der Waals surface area contributed by atoms with Crippen molar-refractivity contribution in [1.29, 1.82) is 5.26 Å². The van der Waals surface area contributed by atoms with Crippen molar-refractivity contribution >= 4 is 35.8 Å². The molecule has 0 N–H and O–H groups in total. The summed E-state index contributed by atoms with van der Waals surface area (Å²) in [6.45, 7) is 0.679. The zero-order valence-electron chi connectivity index (χ0n) is 15.8. The molecule has 1 aromatic heterocycles. The molecule has 2 aromatic rings. The fourth-order valence-electron chi connectivity index (χ4n) is 3.60. The third-order valence-corrected chi connectivity index (χ3v) is 5.96. The van der Waals surface area contributed by atoms with Crippen LogP contribution in [0.5, 0.6) is 0 Å². The van der Waals surface area contributed by atoms with E-state index >= 15 is 0 Å². The van der Waals surface area contributed by atoms with E-state index in [1.54, 1.807) is 18.1 Å². The predicted molar refractivity (Wildman–Crippen MR) is 114 cm³/mol. The zero-order valence-corrected chi connectivity index (χ0v) is 16.7. The average molecular weight is 409 g/mol. The molecule has 0 unspecified atom stereocenters. The molecule has 0 saturated carbocycles. The molecular formula is C20H18BF2N5S. The van der Waals surface area contributed by atoms with Gasteiger partial charge in [-0.15, -0.1) is 0 Å². The lowest BCUT2D eigenvalue weighted by Gasteiger charge is -2.22. The largest absolute Gasteiger partial charge is 0.310 e. The number of alkyl halides is 2. The van der Waals surface area contributed by atoms with Gasteiger partial charge < -0.3 is 4.31 Å². The quantitative estimate of drug-likeness (QED) is 0.536. The number of fused-ring (bicyclic) bond motifs is 1. The first-order valence-corrected chi connectivity index (χ1v) is 10.5. The zero-order chi connectivity index (χ0) is 20.4. The van der Waals surface area contributed by atoms with Crippen LogP contribution in [0.15, 0.2) is 46.7 Å². The van der Waals surface area contributed by atoms with E-state index in [0.717, 1.165) is 24.0 Å². The molecule has 4 rings (SSSR count). The standard InChI is InChI=1S/C20H18BF2N5S/c1-29-28(17-5-3-13-8-21(12-24)9-15(13)6-17)11-16-4-2-14(10-25-16)18-7-19(20(22)23)27-26-18/h2-6,10,20H,7-9,11H2,1H3. The monoisotopic (exact) mass is 409 g/mol. The summed E-state index contributed by atoms with van der Waals surface area (Å²) in [6.07, 6.45) is 2.80. The highest BCUT2D eigenvalue weighted by atomic mass is 32.2. The van der Waals surface area contributed by atoms with E-state index in [0.29, 0.717) is 17.8 Å². The minimum absolute atomic E-state index is 0.0639. The first-order valence-electron chi connectivity index (χ1n) is 9.27. The number of halogens is 2. The Morgan fingerprint density at radius 1 is 1.21 bits per heavy atom. The molecule has 0 spiro atoms. The summed E-state index contributed by atoms with van der Waals surface area (Å²) in [4.78, 5) is 4.49. The summed E-state index contributed by atoms with van der Waals surface area (Å²) in [5, 5.41) is 16.6. The minimum Gasteiger partial charge on any atom is -0.310 e. The normalized spacial score (nSPS) is 15.2. The number of aromatic nitrogens is 1. The van der Waals surface area contributed by atoms with Crippen molar-refractivity contribution in [3.05, 3.63) is 58.9 Å². The Balaban J connectivity index is 1.44. The fourth-order valence-corrected chi connectivity index (χ4v) is 4.18. The molecule has 5 nitrogen and oxygen atoms in total. The van der Waals surface area contributed by atoms with Crippen LogP contribution in [0.2, 0.25) is 0 Å². The van der Waals surface area contributed by atoms with Crippen LogP contribution in [0, 0.1) is 11.2 Å². The third kappa shape index (κ3) is 4.17. The van der Waals surface area contributed by atoms with Crippen LogP contribution >= 0.6 is 11.9 Å². The number of nitrogens with zero attached hydrogens (tertiary/aromatic N) is 5. The van der Waals surface area contributed by atoms with Crippen LogP contribution in [-0.4, -0.2) is 35.8 Å². The summed E-state index contributed by atoms with van der Waals surface area (Å²) in [6, 6.07) is 10.1. The highest BCUT2D eigenvalue weighted by molar-refractivity contribution is 7.99. The van der Waals surface area contributed by atoms with Crippen LogP contribution in [0.3, 0.4) is 0 Å². The summed E-state index contributed by atoms with van der Waals surface area (Å²) >= 11 is 1.61. The van der Waals surface area contributed by atoms with E-state index in [-0.39, 0.29) is 18.8 Å². The molecule has 0 bridgehead atoms. The van der Waals surface area contributed by atoms with Gasteiger partial charge in [0.2, 0.25) is 0 Å². The minimum atomic E-state index is -2.57. The Bertz CT molecular complexity index is 1020. The van der Waals surface area contributed by atoms with E-state index < -0.39 is 6.43 Å². The Morgan fingerprint density at radius 2 is 2.03 bits per heavy atom. The Hall–Kier alpha value is -2.73. The van der Waals surface area contributed by atoms with Gasteiger partial charge in [0.05, 0.1) is 18.0 Å². The van der Waals surface area contributed by atoms with Gasteiger partial charge in [-0.05, 0) is 42.5 Å². The van der Waals surface area contributed by atoms with Gasteiger partial charge >= 0.3 is 0 Å². The van der Waals surface area contributed by atoms with Gasteiger partial charge in [-0.25, -0.2) is 14.0 Å². The molecule has 146 valence electrons. The van der Waals surface area contributed by atoms with Crippen molar-refractivity contribution in [2.24, 2.45) is 10.2 Å². The third-order valence-electron chi connectivity index (χ3n) is 5.18. The molecule has 0 atom stereocenters. The SMILES string of the molecule is CSN(Cc1ccc(C2=NN=C(C(F)F)C2)cn1)c1ccc2c(c1)CB(C#N)C2. The second kappa shape index (κ2) is 8.33. The van der Waals surface area contributed by atoms with Crippen LogP contribution < -0.4 is 4.31 Å². The molecular weight excluding hydrogens is 391 g/mol. The molecule has 1 aromatic carbocycles. The van der Waals surface area contributed by atoms with Gasteiger partial charge in [-0.1, -0.05) is 23.6 Å². The Morgan fingerprint density at radius 3 is 2.69 bits per heavy atom. The number of benzene rings is 1. The van der Waals surface area contributed by atoms with E-state index in [1.807, 2.05) is 18.4 Å². The smallest absolute Gasteiger partial charge is 0.278 e. The molecule has 2 aliphatic heterocycles. The summed E-state index contributed by atoms with van der Waals surface area (Å²) in [5.74, 6) is 2.36. The topological polar surface area (TPSA) is 64.6 Å². The lowest BCUT2D eigenvalue weighted by Crippen LogP contribution is -2.15. The van der Waals surface area contributed by atoms with Gasteiger partial charge in [0.25, 0.3) is 13.1 Å². The lowest BCUT2D eigenvalue weighted by atomic mass is 9.49. The van der Waals surface area contributed by atoms with E-state index in [4.69, 9.17) is 0 Å². The lowest BCUT2D eigenvalue weighted by molar-refractivity contribution is 0.224. The number of hydrogen-bond acceptors (Lipinski definition) is 6. The fraction of sp³-hybridized carbons (Fsp3) is 0.300. The van der Waals surface area contributed by atoms with Crippen molar-refractivity contribution in [2.75, 3.05) is 10.6 Å². The molecule has 0 saturated heterocycles. The maximum Gasteiger partial charge on any atom is 0.278 e. The second-order valence-corrected chi connectivity index (χ2v) is 7.87. The first kappa shape index (κ1) is 19.6. The van der Waals surface area contributed by atoms with Crippen molar-refractivity contribution < 1.29 is 8.78 Å². The number of nitriles is 1. The van der Waals surface area contributed by atoms with Crippen LogP contribution in [-0.2, 0) is 19.2 Å². The van der Waals surface area contributed by atoms with Gasteiger partial charge in [0, 0.05) is 36.1 Å². The van der Waals surface area contributed by atoms with Crippen LogP contribution in [0.4, 0.5) is 14.5 Å². The average Bonchev–Trinajstić information content (AvgIpc) is 3.39. The molecule has 0 aliphatic carbocycles. The van der Waals surface area contributed by atoms with E-state index in [9.17, 15) is 14.0 Å². The van der Waals surface area contributed by atoms with E-state index in [2.05, 4.69) is 43.7 Å². The van der Waals surface area contributed by atoms with Gasteiger partial charge in [0.1, 0.15) is 5.71 Å². The molecule has 2 aliphatic rings. The number of rotatable bonds is 6. The van der Waals surface area contributed by atoms with Gasteiger partial charge in [0.15, 0.2) is 0 Å². The second-order valence-electron chi connectivity index (χ2n) is 7.06. The molecule has 0 fully saturated rings. The number of pyridine rings is 1. The highest BCUT2D eigenvalue weighted by Crippen LogP contribution is 2.30. The summed E-state index contributed by atoms with van der Waals surface area (Å²) in [5.41, 5.74) is 5.48. The van der Waals surface area contributed by atoms with Crippen LogP contribution in [0.25, 0.3) is 0 Å². The maximum absolute atomic E-state index is 12.7. The molecule has 0 radical (unpaired) electrons. The number of hydrogen-bond donors (Lipinski definition) is 0. The molecule has 0 amide bonds. The van der Waals surface area contributed by atoms with Crippen molar-refractivity contribution in [1.82, 2.24) is 4.98 Å². The molecule has 29 heavy (non-hydrogen) atoms. The number of anilines is 1. The highest BCUT2D eigenvalue weighted by Gasteiger charge is 2.26. The molecule has 3 heterocycles. The summed E-state index contributed by atoms with van der Waals surface area (Å²) in [7, 11) is 0. The van der Waals surface area contributed by atoms with E-state index in [1.165, 1.54) is 11.1 Å². The van der Waals surface area contributed by atoms with Gasteiger partial charge in [-0.3, -0.25) is 4.98 Å². The van der Waals surface area contributed by atoms with Crippen molar-refractivity contribution in [3.8, 4) is 5.97 Å². The Labute approximate surface area is 172 Å². The first-order chi connectivity index (χ1) is 14.1. The predicted octanol–water partition coefficient (Wildman–Crippen LogP) is 3.91. The van der Waals surface area contributed by atoms with Crippen molar-refractivity contribution in [2.45, 2.75) is 32.0 Å².